The van der Waals surface area contributed by atoms with Crippen LogP contribution in [0.2, 0.25) is 0 Å². The van der Waals surface area contributed by atoms with Crippen LogP contribution in [0.4, 0.5) is 0 Å². The molecule has 2 rings (SSSR count). The van der Waals surface area contributed by atoms with Gasteiger partial charge in [-0.25, -0.2) is 4.98 Å². The highest BCUT2D eigenvalue weighted by Crippen LogP contribution is 2.10. The Morgan fingerprint density at radius 2 is 2.47 bits per heavy atom. The first kappa shape index (κ1) is 12.0. The van der Waals surface area contributed by atoms with Gasteiger partial charge in [0, 0.05) is 12.2 Å². The van der Waals surface area contributed by atoms with E-state index in [1.165, 1.54) is 6.42 Å². The molecule has 1 saturated heterocycles. The molecule has 0 saturated carbocycles. The molecule has 1 aromatic rings. The van der Waals surface area contributed by atoms with Crippen molar-refractivity contribution in [2.75, 3.05) is 19.6 Å². The molecule has 4 nitrogen and oxygen atoms in total. The average molecular weight is 233 g/mol. The monoisotopic (exact) mass is 233 g/mol. The zero-order valence-corrected chi connectivity index (χ0v) is 10.2. The lowest BCUT2D eigenvalue weighted by Gasteiger charge is -2.09. The van der Waals surface area contributed by atoms with Gasteiger partial charge >= 0.3 is 0 Å². The Hall–Kier alpha value is -1.42. The van der Waals surface area contributed by atoms with Crippen molar-refractivity contribution in [1.82, 2.24) is 15.6 Å². The van der Waals surface area contributed by atoms with E-state index >= 15 is 0 Å². The van der Waals surface area contributed by atoms with Crippen LogP contribution in [0.5, 0.6) is 0 Å². The number of pyridine rings is 1. The molecule has 1 unspecified atom stereocenters. The van der Waals surface area contributed by atoms with Crippen LogP contribution in [0, 0.1) is 12.8 Å². The highest BCUT2D eigenvalue weighted by Gasteiger charge is 2.14. The van der Waals surface area contributed by atoms with E-state index in [4.69, 9.17) is 0 Å². The number of amides is 1. The summed E-state index contributed by atoms with van der Waals surface area (Å²) < 4.78 is 0. The predicted octanol–water partition coefficient (Wildman–Crippen LogP) is 1.12. The summed E-state index contributed by atoms with van der Waals surface area (Å²) in [4.78, 5) is 16.0. The summed E-state index contributed by atoms with van der Waals surface area (Å²) in [5.41, 5.74) is 1.38. The van der Waals surface area contributed by atoms with Crippen molar-refractivity contribution in [2.45, 2.75) is 19.8 Å². The summed E-state index contributed by atoms with van der Waals surface area (Å²) in [6.45, 7) is 4.82. The molecule has 4 heteroatoms. The number of hydrogen-bond acceptors (Lipinski definition) is 3. The maximum atomic E-state index is 11.8. The Labute approximate surface area is 102 Å². The van der Waals surface area contributed by atoms with E-state index in [-0.39, 0.29) is 5.91 Å². The minimum atomic E-state index is -0.0698. The number of aromatic nitrogens is 1. The van der Waals surface area contributed by atoms with E-state index in [2.05, 4.69) is 15.6 Å². The van der Waals surface area contributed by atoms with Gasteiger partial charge in [-0.2, -0.15) is 0 Å². The number of rotatable bonds is 4. The van der Waals surface area contributed by atoms with Gasteiger partial charge in [0.15, 0.2) is 0 Å². The quantitative estimate of drug-likeness (QED) is 0.819. The second-order valence-electron chi connectivity index (χ2n) is 4.57. The van der Waals surface area contributed by atoms with Gasteiger partial charge in [0.1, 0.15) is 5.69 Å². The highest BCUT2D eigenvalue weighted by atomic mass is 16.1. The summed E-state index contributed by atoms with van der Waals surface area (Å²) in [6, 6.07) is 5.50. The van der Waals surface area contributed by atoms with Crippen LogP contribution in [0.3, 0.4) is 0 Å². The van der Waals surface area contributed by atoms with E-state index in [0.29, 0.717) is 11.6 Å². The lowest BCUT2D eigenvalue weighted by molar-refractivity contribution is 0.0946. The van der Waals surface area contributed by atoms with Crippen molar-refractivity contribution < 1.29 is 4.79 Å². The fourth-order valence-corrected chi connectivity index (χ4v) is 2.11. The Morgan fingerprint density at radius 3 is 3.18 bits per heavy atom. The molecule has 0 aromatic carbocycles. The van der Waals surface area contributed by atoms with Gasteiger partial charge in [-0.1, -0.05) is 6.07 Å². The molecule has 2 N–H and O–H groups in total. The van der Waals surface area contributed by atoms with Gasteiger partial charge in [-0.3, -0.25) is 4.79 Å². The van der Waals surface area contributed by atoms with Gasteiger partial charge < -0.3 is 10.6 Å². The van der Waals surface area contributed by atoms with Crippen LogP contribution in [0.1, 0.15) is 29.0 Å². The van der Waals surface area contributed by atoms with Crippen LogP contribution >= 0.6 is 0 Å². The molecule has 1 amide bonds. The first-order valence-corrected chi connectivity index (χ1v) is 6.18. The maximum absolute atomic E-state index is 11.8. The molecule has 1 fully saturated rings. The molecule has 0 bridgehead atoms. The second kappa shape index (κ2) is 5.77. The molecule has 0 aliphatic carbocycles. The van der Waals surface area contributed by atoms with Crippen molar-refractivity contribution >= 4 is 5.91 Å². The van der Waals surface area contributed by atoms with Gasteiger partial charge in [-0.05, 0) is 50.9 Å². The first-order chi connectivity index (χ1) is 8.25. The molecule has 1 atom stereocenters. The molecular formula is C13H19N3O. The van der Waals surface area contributed by atoms with Crippen molar-refractivity contribution in [3.05, 3.63) is 29.6 Å². The van der Waals surface area contributed by atoms with E-state index < -0.39 is 0 Å². The lowest BCUT2D eigenvalue weighted by atomic mass is 10.1. The molecule has 1 aromatic heterocycles. The van der Waals surface area contributed by atoms with Crippen molar-refractivity contribution in [3.63, 3.8) is 0 Å². The molecule has 2 heterocycles. The fourth-order valence-electron chi connectivity index (χ4n) is 2.11. The summed E-state index contributed by atoms with van der Waals surface area (Å²) in [5.74, 6) is 0.639. The van der Waals surface area contributed by atoms with Crippen LogP contribution in [0.15, 0.2) is 18.2 Å². The predicted molar refractivity (Wildman–Crippen MR) is 66.9 cm³/mol. The summed E-state index contributed by atoms with van der Waals surface area (Å²) >= 11 is 0. The number of carbonyl (C=O) groups is 1. The van der Waals surface area contributed by atoms with Crippen molar-refractivity contribution in [1.29, 1.82) is 0 Å². The minimum absolute atomic E-state index is 0.0698. The zero-order chi connectivity index (χ0) is 12.1. The van der Waals surface area contributed by atoms with E-state index in [0.717, 1.165) is 31.7 Å². The van der Waals surface area contributed by atoms with E-state index in [1.54, 1.807) is 6.07 Å². The molecule has 1 aliphatic heterocycles. The van der Waals surface area contributed by atoms with E-state index in [1.807, 2.05) is 19.1 Å². The highest BCUT2D eigenvalue weighted by molar-refractivity contribution is 5.92. The largest absolute Gasteiger partial charge is 0.351 e. The summed E-state index contributed by atoms with van der Waals surface area (Å²) in [7, 11) is 0. The maximum Gasteiger partial charge on any atom is 0.269 e. The number of carbonyl (C=O) groups excluding carboxylic acids is 1. The minimum Gasteiger partial charge on any atom is -0.351 e. The Morgan fingerprint density at radius 1 is 1.59 bits per heavy atom. The fraction of sp³-hybridized carbons (Fsp3) is 0.538. The van der Waals surface area contributed by atoms with Crippen molar-refractivity contribution in [3.8, 4) is 0 Å². The van der Waals surface area contributed by atoms with Crippen LogP contribution < -0.4 is 10.6 Å². The van der Waals surface area contributed by atoms with Crippen LogP contribution in [0.25, 0.3) is 0 Å². The topological polar surface area (TPSA) is 54.0 Å². The number of hydrogen-bond donors (Lipinski definition) is 2. The van der Waals surface area contributed by atoms with Gasteiger partial charge in [0.25, 0.3) is 5.91 Å². The van der Waals surface area contributed by atoms with Crippen LogP contribution in [-0.4, -0.2) is 30.5 Å². The third-order valence-electron chi connectivity index (χ3n) is 3.12. The SMILES string of the molecule is Cc1cccc(C(=O)NCCC2CCNC2)n1. The van der Waals surface area contributed by atoms with Crippen molar-refractivity contribution in [2.24, 2.45) is 5.92 Å². The zero-order valence-electron chi connectivity index (χ0n) is 10.2. The molecular weight excluding hydrogens is 214 g/mol. The first-order valence-electron chi connectivity index (χ1n) is 6.18. The Kier molecular flexibility index (Phi) is 4.09. The Bertz CT molecular complexity index is 386. The lowest BCUT2D eigenvalue weighted by Crippen LogP contribution is -2.27. The number of nitrogens with zero attached hydrogens (tertiary/aromatic N) is 1. The number of nitrogens with one attached hydrogen (secondary N) is 2. The third-order valence-corrected chi connectivity index (χ3v) is 3.12. The molecule has 0 spiro atoms. The summed E-state index contributed by atoms with van der Waals surface area (Å²) in [6.07, 6.45) is 2.27. The molecule has 17 heavy (non-hydrogen) atoms. The number of aryl methyl sites for hydroxylation is 1. The summed E-state index contributed by atoms with van der Waals surface area (Å²) in [5, 5.41) is 6.25. The third kappa shape index (κ3) is 3.53. The average Bonchev–Trinajstić information content (AvgIpc) is 2.82. The standard InChI is InChI=1S/C13H19N3O/c1-10-3-2-4-12(16-10)13(17)15-8-6-11-5-7-14-9-11/h2-4,11,14H,5-9H2,1H3,(H,15,17). The van der Waals surface area contributed by atoms with Gasteiger partial charge in [0.05, 0.1) is 0 Å². The normalized spacial score (nSPS) is 19.2. The van der Waals surface area contributed by atoms with Crippen LogP contribution in [-0.2, 0) is 0 Å². The Balaban J connectivity index is 1.77. The smallest absolute Gasteiger partial charge is 0.269 e. The molecule has 0 radical (unpaired) electrons. The van der Waals surface area contributed by atoms with Gasteiger partial charge in [-0.15, -0.1) is 0 Å². The molecule has 92 valence electrons. The molecule has 1 aliphatic rings. The van der Waals surface area contributed by atoms with E-state index in [9.17, 15) is 4.79 Å². The second-order valence-corrected chi connectivity index (χ2v) is 4.57. The van der Waals surface area contributed by atoms with Gasteiger partial charge in [0.2, 0.25) is 0 Å².